The van der Waals surface area contributed by atoms with E-state index < -0.39 is 0 Å². The van der Waals surface area contributed by atoms with E-state index in [9.17, 15) is 0 Å². The Balaban J connectivity index is 1.16. The van der Waals surface area contributed by atoms with Gasteiger partial charge in [0.05, 0.1) is 22.7 Å². The van der Waals surface area contributed by atoms with Gasteiger partial charge in [-0.25, -0.2) is 0 Å². The van der Waals surface area contributed by atoms with Crippen molar-refractivity contribution in [2.24, 2.45) is 0 Å². The van der Waals surface area contributed by atoms with Gasteiger partial charge in [0, 0.05) is 22.2 Å². The summed E-state index contributed by atoms with van der Waals surface area (Å²) in [5.41, 5.74) is 19.4. The smallest absolute Gasteiger partial charge is 0.0508 e. The zero-order valence-electron chi connectivity index (χ0n) is 36.7. The fourth-order valence-electron chi connectivity index (χ4n) is 11.4. The van der Waals surface area contributed by atoms with Crippen LogP contribution >= 0.6 is 0 Å². The molecule has 10 aromatic rings. The minimum absolute atomic E-state index is 0.282. The Hall–Kier alpha value is -7.68. The van der Waals surface area contributed by atoms with E-state index in [4.69, 9.17) is 0 Å². The van der Waals surface area contributed by atoms with E-state index >= 15 is 0 Å². The fraction of sp³-hybridized carbons (Fsp3) is 0.0968. The van der Waals surface area contributed by atoms with Crippen molar-refractivity contribution in [2.75, 3.05) is 9.80 Å². The van der Waals surface area contributed by atoms with Gasteiger partial charge in [0.2, 0.25) is 0 Å². The maximum absolute atomic E-state index is 2.51. The normalized spacial score (nSPS) is 14.4. The molecule has 0 aliphatic carbocycles. The van der Waals surface area contributed by atoms with E-state index in [0.717, 1.165) is 11.4 Å². The summed E-state index contributed by atoms with van der Waals surface area (Å²) in [6, 6.07) is 80.9. The number of hydrogen-bond acceptors (Lipinski definition) is 2. The third kappa shape index (κ3) is 5.58. The van der Waals surface area contributed by atoms with Crippen LogP contribution in [0.3, 0.4) is 0 Å². The number of hydrogen-bond donors (Lipinski definition) is 0. The molecule has 0 amide bonds. The summed E-state index contributed by atoms with van der Waals surface area (Å²) in [6.07, 6.45) is 0. The van der Waals surface area contributed by atoms with Crippen LogP contribution in [-0.4, -0.2) is 0 Å². The van der Waals surface area contributed by atoms with Crippen LogP contribution in [0.15, 0.2) is 218 Å². The van der Waals surface area contributed by atoms with Gasteiger partial charge < -0.3 is 9.80 Å². The quantitative estimate of drug-likeness (QED) is 0.160. The molecule has 2 nitrogen and oxygen atoms in total. The summed E-state index contributed by atoms with van der Waals surface area (Å²) in [5.74, 6) is 0. The van der Waals surface area contributed by atoms with Gasteiger partial charge >= 0.3 is 0 Å². The van der Waals surface area contributed by atoms with Gasteiger partial charge in [-0.3, -0.25) is 0 Å². The van der Waals surface area contributed by atoms with Crippen molar-refractivity contribution in [3.05, 3.63) is 241 Å². The predicted octanol–water partition coefficient (Wildman–Crippen LogP) is 17.2. The van der Waals surface area contributed by atoms with Crippen LogP contribution in [-0.2, 0) is 10.8 Å². The molecular formula is C62H48N2. The Bertz CT molecular complexity index is 3230. The van der Waals surface area contributed by atoms with Crippen molar-refractivity contribution in [1.29, 1.82) is 0 Å². The van der Waals surface area contributed by atoms with E-state index in [1.165, 1.54) is 99.9 Å². The molecule has 0 saturated carbocycles. The van der Waals surface area contributed by atoms with Crippen molar-refractivity contribution < 1.29 is 0 Å². The Kier molecular flexibility index (Phi) is 8.58. The highest BCUT2D eigenvalue weighted by atomic mass is 15.2. The van der Waals surface area contributed by atoms with Crippen LogP contribution in [0.5, 0.6) is 0 Å². The molecule has 10 aromatic carbocycles. The summed E-state index contributed by atoms with van der Waals surface area (Å²) < 4.78 is 0. The number of para-hydroxylation sites is 4. The van der Waals surface area contributed by atoms with Gasteiger partial charge in [-0.15, -0.1) is 0 Å². The molecule has 0 fully saturated rings. The molecule has 0 N–H and O–H groups in total. The Morgan fingerprint density at radius 1 is 0.297 bits per heavy atom. The monoisotopic (exact) mass is 820 g/mol. The van der Waals surface area contributed by atoms with E-state index in [-0.39, 0.29) is 10.8 Å². The molecule has 2 aliphatic rings. The van der Waals surface area contributed by atoms with Crippen molar-refractivity contribution in [2.45, 2.75) is 38.5 Å². The van der Waals surface area contributed by atoms with E-state index in [1.54, 1.807) is 0 Å². The molecule has 0 atom stereocenters. The van der Waals surface area contributed by atoms with Gasteiger partial charge in [0.25, 0.3) is 0 Å². The third-order valence-electron chi connectivity index (χ3n) is 14.2. The summed E-state index contributed by atoms with van der Waals surface area (Å²) >= 11 is 0. The highest BCUT2D eigenvalue weighted by molar-refractivity contribution is 6.19. The molecule has 306 valence electrons. The molecule has 64 heavy (non-hydrogen) atoms. The van der Waals surface area contributed by atoms with Crippen LogP contribution in [0.25, 0.3) is 54.9 Å². The van der Waals surface area contributed by atoms with Crippen molar-refractivity contribution in [3.8, 4) is 33.4 Å². The van der Waals surface area contributed by atoms with Crippen LogP contribution in [0, 0.1) is 0 Å². The second kappa shape index (κ2) is 14.4. The third-order valence-corrected chi connectivity index (χ3v) is 14.2. The number of rotatable bonds is 5. The average Bonchev–Trinajstić information content (AvgIpc) is 3.33. The number of fused-ring (bicyclic) bond motifs is 6. The zero-order valence-corrected chi connectivity index (χ0v) is 36.7. The first-order chi connectivity index (χ1) is 31.3. The first-order valence-corrected chi connectivity index (χ1v) is 22.5. The largest absolute Gasteiger partial charge is 0.310 e. The Morgan fingerprint density at radius 3 is 1.11 bits per heavy atom. The molecule has 2 aliphatic heterocycles. The lowest BCUT2D eigenvalue weighted by atomic mass is 9.70. The molecule has 0 unspecified atom stereocenters. The molecule has 2 heterocycles. The molecule has 2 heteroatoms. The van der Waals surface area contributed by atoms with Crippen LogP contribution < -0.4 is 9.80 Å². The first-order valence-electron chi connectivity index (χ1n) is 22.5. The van der Waals surface area contributed by atoms with Crippen LogP contribution in [0.2, 0.25) is 0 Å². The van der Waals surface area contributed by atoms with Gasteiger partial charge in [-0.05, 0) is 132 Å². The van der Waals surface area contributed by atoms with Crippen molar-refractivity contribution in [3.63, 3.8) is 0 Å². The lowest BCUT2D eigenvalue weighted by Crippen LogP contribution is -2.31. The highest BCUT2D eigenvalue weighted by Crippen LogP contribution is 2.57. The SMILES string of the molecule is CC1(C)c2ccccc2N(c2ccccc2)c2cccc(-c3cccc4c(-c5ccccc5)c5cccc(-c6cccc7c6C(C)(C)c6ccccc6N7c6ccccc6)c5cc34)c21. The molecule has 0 aromatic heterocycles. The standard InChI is InChI=1S/C62H48N2/c1-61(2)52-34-14-16-36-54(52)63(42-24-10-6-11-25-42)56-38-20-32-48(59(56)61)44-28-18-30-46-50(44)40-51-45(29-19-31-47(51)58(46)41-22-8-5-9-23-41)49-33-21-39-57-60(49)62(3,4)53-35-15-17-37-55(53)64(57)43-26-12-7-13-27-43/h5-40H,1-4H3. The molecule has 0 bridgehead atoms. The topological polar surface area (TPSA) is 6.48 Å². The maximum Gasteiger partial charge on any atom is 0.0508 e. The summed E-state index contributed by atoms with van der Waals surface area (Å²) in [6.45, 7) is 9.62. The molecule has 0 radical (unpaired) electrons. The average molecular weight is 821 g/mol. The molecule has 0 spiro atoms. The summed E-state index contributed by atoms with van der Waals surface area (Å²) in [5, 5.41) is 4.99. The molecule has 12 rings (SSSR count). The fourth-order valence-corrected chi connectivity index (χ4v) is 11.4. The van der Waals surface area contributed by atoms with Crippen LogP contribution in [0.4, 0.5) is 34.1 Å². The molecular weight excluding hydrogens is 773 g/mol. The maximum atomic E-state index is 2.51. The Morgan fingerprint density at radius 2 is 0.656 bits per heavy atom. The highest BCUT2D eigenvalue weighted by Gasteiger charge is 2.40. The van der Waals surface area contributed by atoms with E-state index in [2.05, 4.69) is 256 Å². The van der Waals surface area contributed by atoms with Gasteiger partial charge in [-0.2, -0.15) is 0 Å². The van der Waals surface area contributed by atoms with Crippen LogP contribution in [0.1, 0.15) is 49.9 Å². The second-order valence-corrected chi connectivity index (χ2v) is 18.4. The number of benzene rings is 10. The second-order valence-electron chi connectivity index (χ2n) is 18.4. The zero-order chi connectivity index (χ0) is 43.2. The number of anilines is 6. The predicted molar refractivity (Wildman–Crippen MR) is 271 cm³/mol. The first kappa shape index (κ1) is 38.0. The minimum atomic E-state index is -0.282. The number of nitrogens with zero attached hydrogens (tertiary/aromatic N) is 2. The van der Waals surface area contributed by atoms with Gasteiger partial charge in [0.15, 0.2) is 0 Å². The van der Waals surface area contributed by atoms with Crippen molar-refractivity contribution >= 4 is 55.7 Å². The van der Waals surface area contributed by atoms with E-state index in [1.807, 2.05) is 0 Å². The lowest BCUT2D eigenvalue weighted by Gasteiger charge is -2.43. The Labute approximate surface area is 376 Å². The summed E-state index contributed by atoms with van der Waals surface area (Å²) in [4.78, 5) is 4.93. The van der Waals surface area contributed by atoms with E-state index in [0.29, 0.717) is 0 Å². The minimum Gasteiger partial charge on any atom is -0.310 e. The lowest BCUT2D eigenvalue weighted by molar-refractivity contribution is 0.633. The van der Waals surface area contributed by atoms with Gasteiger partial charge in [0.1, 0.15) is 0 Å². The van der Waals surface area contributed by atoms with Gasteiger partial charge in [-0.1, -0.05) is 191 Å². The molecule has 0 saturated heterocycles. The van der Waals surface area contributed by atoms with Crippen molar-refractivity contribution in [1.82, 2.24) is 0 Å². The summed E-state index contributed by atoms with van der Waals surface area (Å²) in [7, 11) is 0.